The molecular weight excluding hydrogens is 762 g/mol. The quantitative estimate of drug-likeness (QED) is 0.170. The molecule has 59 heavy (non-hydrogen) atoms. The molecule has 1 fully saturated rings. The molecule has 0 saturated carbocycles. The second-order valence-electron chi connectivity index (χ2n) is 15.8. The Bertz CT molecular complexity index is 2410. The minimum absolute atomic E-state index is 0.00963. The molecule has 9 rings (SSSR count). The lowest BCUT2D eigenvalue weighted by molar-refractivity contribution is -0.137. The summed E-state index contributed by atoms with van der Waals surface area (Å²) in [6, 6.07) is 23.2. The van der Waals surface area contributed by atoms with Crippen LogP contribution >= 0.6 is 0 Å². The zero-order valence-corrected chi connectivity index (χ0v) is 32.8. The van der Waals surface area contributed by atoms with E-state index in [1.54, 1.807) is 25.1 Å². The lowest BCUT2D eigenvalue weighted by Gasteiger charge is -2.40. The largest absolute Gasteiger partial charge is 0.508 e. The van der Waals surface area contributed by atoms with Gasteiger partial charge >= 0.3 is 6.18 Å². The smallest absolute Gasteiger partial charge is 0.416 e. The van der Waals surface area contributed by atoms with E-state index >= 15 is 9.59 Å². The third kappa shape index (κ3) is 7.65. The van der Waals surface area contributed by atoms with Crippen molar-refractivity contribution in [3.63, 3.8) is 0 Å². The number of hydrogen-bond donors (Lipinski definition) is 1. The van der Waals surface area contributed by atoms with Crippen molar-refractivity contribution in [1.82, 2.24) is 14.4 Å². The Morgan fingerprint density at radius 2 is 1.61 bits per heavy atom. The molecule has 1 aromatic heterocycles. The number of benzene rings is 4. The van der Waals surface area contributed by atoms with E-state index in [9.17, 15) is 18.3 Å². The SMILES string of the molecule is Cc1ccc(C(F)(F)F)cc1CN(C(=O)c1cc(-c2cc3c(cc2C(=O)N2Cc4ccccc4C[C@H]2CN2CCOCC2)OCO3)n2c1CCCC2)c1ccc(O)cc1. The zero-order valence-electron chi connectivity index (χ0n) is 32.8. The summed E-state index contributed by atoms with van der Waals surface area (Å²) in [5.41, 5.74) is 5.77. The highest BCUT2D eigenvalue weighted by molar-refractivity contribution is 6.09. The summed E-state index contributed by atoms with van der Waals surface area (Å²) in [5, 5.41) is 10.1. The van der Waals surface area contributed by atoms with Crippen molar-refractivity contribution >= 4 is 17.5 Å². The third-order valence-corrected chi connectivity index (χ3v) is 12.1. The predicted octanol–water partition coefficient (Wildman–Crippen LogP) is 8.00. The van der Waals surface area contributed by atoms with Crippen LogP contribution in [0.4, 0.5) is 18.9 Å². The van der Waals surface area contributed by atoms with Crippen molar-refractivity contribution in [2.45, 2.75) is 64.5 Å². The second kappa shape index (κ2) is 15.8. The molecule has 13 heteroatoms. The Labute approximate surface area is 340 Å². The minimum atomic E-state index is -4.56. The van der Waals surface area contributed by atoms with E-state index in [1.807, 2.05) is 29.2 Å². The summed E-state index contributed by atoms with van der Waals surface area (Å²) < 4.78 is 61.2. The van der Waals surface area contributed by atoms with Crippen molar-refractivity contribution in [3.05, 3.63) is 130 Å². The summed E-state index contributed by atoms with van der Waals surface area (Å²) in [5.74, 6) is 0.392. The number of morpholine rings is 1. The number of phenols is 1. The van der Waals surface area contributed by atoms with E-state index in [1.165, 1.54) is 28.7 Å². The summed E-state index contributed by atoms with van der Waals surface area (Å²) >= 11 is 0. The molecule has 0 aliphatic carbocycles. The maximum absolute atomic E-state index is 15.2. The van der Waals surface area contributed by atoms with Gasteiger partial charge in [0.25, 0.3) is 11.8 Å². The molecular formula is C46H45F3N4O6. The molecule has 10 nitrogen and oxygen atoms in total. The van der Waals surface area contributed by atoms with Crippen LogP contribution < -0.4 is 14.4 Å². The number of fused-ring (bicyclic) bond motifs is 3. The monoisotopic (exact) mass is 806 g/mol. The van der Waals surface area contributed by atoms with E-state index in [0.29, 0.717) is 96.4 Å². The molecule has 4 aromatic carbocycles. The Morgan fingerprint density at radius 1 is 0.864 bits per heavy atom. The molecule has 1 saturated heterocycles. The standard InChI is InChI=1S/C46H45F3N4O6/c1-29-9-10-33(46(47,48)49)20-32(29)26-52(34-11-13-36(54)14-12-34)45(56)39-22-41(51-15-5-4-8-40(39)51)37-23-42-43(59-28-58-42)24-38(37)44(55)53-25-31-7-3-2-6-30(31)21-35(53)27-50-16-18-57-19-17-50/h2-3,6-7,9-14,20,22-24,35,54H,4-5,8,15-19,21,25-28H2,1H3/t35-/m0/s1. The number of carbonyl (C=O) groups is 2. The second-order valence-corrected chi connectivity index (χ2v) is 15.8. The Kier molecular flexibility index (Phi) is 10.3. The Morgan fingerprint density at radius 3 is 2.37 bits per heavy atom. The number of phenolic OH excluding ortho intramolecular Hbond substituents is 1. The van der Waals surface area contributed by atoms with Gasteiger partial charge < -0.3 is 33.7 Å². The van der Waals surface area contributed by atoms with Crippen LogP contribution in [0.5, 0.6) is 17.2 Å². The molecule has 0 spiro atoms. The van der Waals surface area contributed by atoms with Crippen LogP contribution in [0.25, 0.3) is 11.3 Å². The van der Waals surface area contributed by atoms with Crippen LogP contribution in [0.1, 0.15) is 67.1 Å². The molecule has 4 aliphatic rings. The van der Waals surface area contributed by atoms with Crippen molar-refractivity contribution < 1.29 is 42.1 Å². The molecule has 2 amide bonds. The number of nitrogens with zero attached hydrogens (tertiary/aromatic N) is 4. The van der Waals surface area contributed by atoms with Crippen LogP contribution in [0.3, 0.4) is 0 Å². The normalized spacial score (nSPS) is 17.7. The van der Waals surface area contributed by atoms with Gasteiger partial charge in [-0.15, -0.1) is 0 Å². The first kappa shape index (κ1) is 38.7. The number of hydrogen-bond acceptors (Lipinski definition) is 7. The van der Waals surface area contributed by atoms with Gasteiger partial charge in [0, 0.05) is 61.4 Å². The molecule has 1 N–H and O–H groups in total. The lowest BCUT2D eigenvalue weighted by atomic mass is 9.92. The van der Waals surface area contributed by atoms with Crippen LogP contribution in [0, 0.1) is 6.92 Å². The van der Waals surface area contributed by atoms with E-state index in [0.717, 1.165) is 49.3 Å². The van der Waals surface area contributed by atoms with Crippen molar-refractivity contribution in [2.75, 3.05) is 44.5 Å². The first-order chi connectivity index (χ1) is 28.5. The van der Waals surface area contributed by atoms with E-state index < -0.39 is 17.6 Å². The number of carbonyl (C=O) groups excluding carboxylic acids is 2. The fourth-order valence-corrected chi connectivity index (χ4v) is 8.89. The number of alkyl halides is 3. The van der Waals surface area contributed by atoms with E-state index in [-0.39, 0.29) is 31.0 Å². The number of aromatic hydroxyl groups is 1. The van der Waals surface area contributed by atoms with Gasteiger partial charge in [-0.05, 0) is 109 Å². The highest BCUT2D eigenvalue weighted by atomic mass is 19.4. The van der Waals surface area contributed by atoms with Gasteiger partial charge in [-0.25, -0.2) is 0 Å². The lowest BCUT2D eigenvalue weighted by Crippen LogP contribution is -2.52. The number of anilines is 1. The molecule has 306 valence electrons. The summed E-state index contributed by atoms with van der Waals surface area (Å²) in [6.45, 7) is 6.19. The number of aromatic nitrogens is 1. The zero-order chi connectivity index (χ0) is 40.8. The van der Waals surface area contributed by atoms with Crippen molar-refractivity contribution in [2.24, 2.45) is 0 Å². The van der Waals surface area contributed by atoms with Crippen LogP contribution in [-0.4, -0.2) is 77.0 Å². The molecule has 4 aliphatic heterocycles. The number of halogens is 3. The number of ether oxygens (including phenoxy) is 3. The average Bonchev–Trinajstić information content (AvgIpc) is 3.87. The molecule has 1 atom stereocenters. The van der Waals surface area contributed by atoms with Gasteiger partial charge in [-0.1, -0.05) is 30.3 Å². The molecule has 0 unspecified atom stereocenters. The minimum Gasteiger partial charge on any atom is -0.508 e. The average molecular weight is 807 g/mol. The van der Waals surface area contributed by atoms with Gasteiger partial charge in [-0.3, -0.25) is 14.5 Å². The first-order valence-electron chi connectivity index (χ1n) is 20.1. The summed E-state index contributed by atoms with van der Waals surface area (Å²) in [4.78, 5) is 36.0. The highest BCUT2D eigenvalue weighted by Gasteiger charge is 2.37. The fourth-order valence-electron chi connectivity index (χ4n) is 8.89. The first-order valence-corrected chi connectivity index (χ1v) is 20.1. The Hall–Kier alpha value is -5.79. The topological polar surface area (TPSA) is 96.7 Å². The molecule has 5 heterocycles. The van der Waals surface area contributed by atoms with Gasteiger partial charge in [0.2, 0.25) is 6.79 Å². The molecule has 0 radical (unpaired) electrons. The highest BCUT2D eigenvalue weighted by Crippen LogP contribution is 2.43. The Balaban J connectivity index is 1.14. The van der Waals surface area contributed by atoms with Gasteiger partial charge in [-0.2, -0.15) is 13.2 Å². The van der Waals surface area contributed by atoms with Crippen LogP contribution in [-0.2, 0) is 43.4 Å². The van der Waals surface area contributed by atoms with Gasteiger partial charge in [0.05, 0.1) is 36.4 Å². The maximum Gasteiger partial charge on any atom is 0.416 e. The molecule has 5 aromatic rings. The van der Waals surface area contributed by atoms with E-state index in [2.05, 4.69) is 21.6 Å². The van der Waals surface area contributed by atoms with Crippen LogP contribution in [0.2, 0.25) is 0 Å². The summed E-state index contributed by atoms with van der Waals surface area (Å²) in [7, 11) is 0. The number of aryl methyl sites for hydroxylation is 1. The van der Waals surface area contributed by atoms with Crippen LogP contribution in [0.15, 0.2) is 84.9 Å². The number of amides is 2. The van der Waals surface area contributed by atoms with Crippen molar-refractivity contribution in [1.29, 1.82) is 0 Å². The van der Waals surface area contributed by atoms with Gasteiger partial charge in [0.15, 0.2) is 11.5 Å². The fraction of sp³-hybridized carbons (Fsp3) is 0.348. The predicted molar refractivity (Wildman–Crippen MR) is 215 cm³/mol. The van der Waals surface area contributed by atoms with Crippen molar-refractivity contribution in [3.8, 4) is 28.5 Å². The third-order valence-electron chi connectivity index (χ3n) is 12.1. The number of rotatable bonds is 8. The summed E-state index contributed by atoms with van der Waals surface area (Å²) in [6.07, 6.45) is -1.58. The maximum atomic E-state index is 15.2. The molecule has 0 bridgehead atoms. The van der Waals surface area contributed by atoms with E-state index in [4.69, 9.17) is 14.2 Å². The van der Waals surface area contributed by atoms with Gasteiger partial charge in [0.1, 0.15) is 5.75 Å².